The van der Waals surface area contributed by atoms with E-state index in [1.807, 2.05) is 0 Å². The standard InChI is InChI=1S/C6H9N2O6PS/c7-8-5-1-3-6(4-2-5)16(12,13)14-15(9,10)11/h1-4,8H,7H2,(H2,9,10,11). The average Bonchev–Trinajstić information content (AvgIpc) is 2.14. The lowest BCUT2D eigenvalue weighted by atomic mass is 10.3. The van der Waals surface area contributed by atoms with Gasteiger partial charge in [0.25, 0.3) is 0 Å². The topological polar surface area (TPSA) is 139 Å². The fourth-order valence-electron chi connectivity index (χ4n) is 0.889. The van der Waals surface area contributed by atoms with Crippen LogP contribution in [0.4, 0.5) is 5.69 Å². The van der Waals surface area contributed by atoms with Crippen LogP contribution in [0.2, 0.25) is 0 Å². The molecule has 8 nitrogen and oxygen atoms in total. The molecular weight excluding hydrogens is 259 g/mol. The maximum absolute atomic E-state index is 11.3. The molecule has 0 saturated heterocycles. The van der Waals surface area contributed by atoms with E-state index in [9.17, 15) is 13.0 Å². The first-order valence-electron chi connectivity index (χ1n) is 3.83. The van der Waals surface area contributed by atoms with Crippen molar-refractivity contribution in [1.29, 1.82) is 0 Å². The van der Waals surface area contributed by atoms with E-state index >= 15 is 0 Å². The van der Waals surface area contributed by atoms with Gasteiger partial charge in [0.1, 0.15) is 0 Å². The molecule has 0 amide bonds. The van der Waals surface area contributed by atoms with E-state index in [0.717, 1.165) is 12.1 Å². The molecule has 0 radical (unpaired) electrons. The molecule has 0 aliphatic carbocycles. The molecule has 0 atom stereocenters. The van der Waals surface area contributed by atoms with Crippen molar-refractivity contribution in [3.05, 3.63) is 24.3 Å². The molecule has 1 rings (SSSR count). The van der Waals surface area contributed by atoms with Gasteiger partial charge in [-0.1, -0.05) is 0 Å². The summed E-state index contributed by atoms with van der Waals surface area (Å²) in [6, 6.07) is 4.83. The number of anilines is 1. The van der Waals surface area contributed by atoms with Crippen molar-refractivity contribution in [2.75, 3.05) is 5.43 Å². The molecule has 5 N–H and O–H groups in total. The monoisotopic (exact) mass is 268 g/mol. The molecule has 0 unspecified atom stereocenters. The molecule has 1 aromatic rings. The lowest BCUT2D eigenvalue weighted by Crippen LogP contribution is -2.08. The number of hydrogen-bond donors (Lipinski definition) is 4. The van der Waals surface area contributed by atoms with E-state index in [0.29, 0.717) is 5.69 Å². The van der Waals surface area contributed by atoms with E-state index in [2.05, 4.69) is 9.40 Å². The van der Waals surface area contributed by atoms with Crippen LogP contribution in [0.3, 0.4) is 0 Å². The highest BCUT2D eigenvalue weighted by Crippen LogP contribution is 2.40. The van der Waals surface area contributed by atoms with Gasteiger partial charge in [-0.25, -0.2) is 4.57 Å². The SMILES string of the molecule is NNc1ccc(S(=O)(=O)OP(=O)(O)O)cc1. The Hall–Kier alpha value is -0.960. The van der Waals surface area contributed by atoms with Crippen LogP contribution in [-0.2, 0) is 18.7 Å². The highest BCUT2D eigenvalue weighted by atomic mass is 32.2. The summed E-state index contributed by atoms with van der Waals surface area (Å²) in [6.45, 7) is 0. The van der Waals surface area contributed by atoms with Gasteiger partial charge in [-0.2, -0.15) is 12.4 Å². The van der Waals surface area contributed by atoms with E-state index in [4.69, 9.17) is 15.6 Å². The van der Waals surface area contributed by atoms with Crippen molar-refractivity contribution in [3.8, 4) is 0 Å². The molecule has 0 heterocycles. The zero-order chi connectivity index (χ0) is 12.4. The first-order chi connectivity index (χ1) is 7.24. The predicted octanol–water partition coefficient (Wildman–Crippen LogP) is -0.230. The maximum atomic E-state index is 11.3. The Morgan fingerprint density at radius 2 is 1.75 bits per heavy atom. The van der Waals surface area contributed by atoms with Crippen LogP contribution >= 0.6 is 7.82 Å². The number of nitrogens with one attached hydrogen (secondary N) is 1. The van der Waals surface area contributed by atoms with Gasteiger partial charge < -0.3 is 15.2 Å². The third-order valence-electron chi connectivity index (χ3n) is 1.50. The van der Waals surface area contributed by atoms with Crippen LogP contribution in [0.15, 0.2) is 29.2 Å². The summed E-state index contributed by atoms with van der Waals surface area (Å²) >= 11 is 0. The van der Waals surface area contributed by atoms with E-state index in [1.165, 1.54) is 12.1 Å². The summed E-state index contributed by atoms with van der Waals surface area (Å²) < 4.78 is 36.6. The summed E-state index contributed by atoms with van der Waals surface area (Å²) in [7, 11) is -9.57. The van der Waals surface area contributed by atoms with Crippen LogP contribution in [0.25, 0.3) is 0 Å². The summed E-state index contributed by atoms with van der Waals surface area (Å²) in [6.07, 6.45) is 0. The van der Waals surface area contributed by atoms with Crippen molar-refractivity contribution in [3.63, 3.8) is 0 Å². The smallest absolute Gasteiger partial charge is 0.324 e. The van der Waals surface area contributed by atoms with Crippen LogP contribution in [0.1, 0.15) is 0 Å². The quantitative estimate of drug-likeness (QED) is 0.333. The Kier molecular flexibility index (Phi) is 3.68. The molecule has 0 spiro atoms. The van der Waals surface area contributed by atoms with E-state index in [-0.39, 0.29) is 4.90 Å². The molecule has 16 heavy (non-hydrogen) atoms. The number of phosphoric acid groups is 1. The Morgan fingerprint density at radius 1 is 1.25 bits per heavy atom. The lowest BCUT2D eigenvalue weighted by Gasteiger charge is -2.06. The minimum absolute atomic E-state index is 0.380. The molecule has 0 saturated carbocycles. The summed E-state index contributed by atoms with van der Waals surface area (Å²) in [4.78, 5) is 16.4. The number of nitrogen functional groups attached to an aromatic ring is 1. The fourth-order valence-corrected chi connectivity index (χ4v) is 2.72. The number of hydrogen-bond acceptors (Lipinski definition) is 6. The lowest BCUT2D eigenvalue weighted by molar-refractivity contribution is 0.285. The second-order valence-corrected chi connectivity index (χ2v) is 5.65. The van der Waals surface area contributed by atoms with Crippen molar-refractivity contribution >= 4 is 23.6 Å². The number of rotatable bonds is 4. The second-order valence-electron chi connectivity index (χ2n) is 2.69. The highest BCUT2D eigenvalue weighted by molar-refractivity contribution is 7.90. The highest BCUT2D eigenvalue weighted by Gasteiger charge is 2.27. The molecule has 0 fully saturated rings. The Morgan fingerprint density at radius 3 is 2.12 bits per heavy atom. The third-order valence-corrected chi connectivity index (χ3v) is 3.92. The Balaban J connectivity index is 3.04. The van der Waals surface area contributed by atoms with Crippen LogP contribution in [0, 0.1) is 0 Å². The van der Waals surface area contributed by atoms with Gasteiger partial charge >= 0.3 is 17.9 Å². The van der Waals surface area contributed by atoms with Crippen LogP contribution < -0.4 is 11.3 Å². The Bertz CT molecular complexity index is 506. The molecule has 0 aromatic heterocycles. The van der Waals surface area contributed by atoms with Gasteiger partial charge in [-0.15, -0.1) is 0 Å². The number of nitrogens with two attached hydrogens (primary N) is 1. The van der Waals surface area contributed by atoms with Gasteiger partial charge in [-0.05, 0) is 24.3 Å². The summed E-state index contributed by atoms with van der Waals surface area (Å²) in [5, 5.41) is 0. The van der Waals surface area contributed by atoms with Crippen LogP contribution in [-0.4, -0.2) is 18.2 Å². The zero-order valence-electron chi connectivity index (χ0n) is 7.77. The molecule has 1 aromatic carbocycles. The number of hydrazine groups is 1. The van der Waals surface area contributed by atoms with Gasteiger partial charge in [0, 0.05) is 5.69 Å². The predicted molar refractivity (Wildman–Crippen MR) is 54.6 cm³/mol. The van der Waals surface area contributed by atoms with E-state index < -0.39 is 17.9 Å². The largest absolute Gasteiger partial charge is 0.484 e. The van der Waals surface area contributed by atoms with Gasteiger partial charge in [0.05, 0.1) is 4.90 Å². The minimum atomic E-state index is -5.10. The third kappa shape index (κ3) is 3.56. The van der Waals surface area contributed by atoms with Crippen molar-refractivity contribution in [1.82, 2.24) is 0 Å². The second kappa shape index (κ2) is 4.50. The number of benzene rings is 1. The van der Waals surface area contributed by atoms with Crippen molar-refractivity contribution in [2.45, 2.75) is 4.90 Å². The molecule has 10 heteroatoms. The summed E-state index contributed by atoms with van der Waals surface area (Å²) in [5.41, 5.74) is 2.70. The maximum Gasteiger partial charge on any atom is 0.484 e. The molecule has 0 aliphatic rings. The molecule has 90 valence electrons. The van der Waals surface area contributed by atoms with Crippen LogP contribution in [0.5, 0.6) is 0 Å². The normalized spacial score (nSPS) is 12.4. The first kappa shape index (κ1) is 13.1. The zero-order valence-corrected chi connectivity index (χ0v) is 9.48. The van der Waals surface area contributed by atoms with E-state index in [1.54, 1.807) is 0 Å². The fraction of sp³-hybridized carbons (Fsp3) is 0. The van der Waals surface area contributed by atoms with Gasteiger partial charge in [-0.3, -0.25) is 5.84 Å². The summed E-state index contributed by atoms with van der Waals surface area (Å²) in [5.74, 6) is 5.06. The average molecular weight is 268 g/mol. The van der Waals surface area contributed by atoms with Crippen molar-refractivity contribution in [2.24, 2.45) is 5.84 Å². The van der Waals surface area contributed by atoms with Crippen molar-refractivity contribution < 1.29 is 26.7 Å². The first-order valence-corrected chi connectivity index (χ1v) is 6.77. The molecule has 0 aliphatic heterocycles. The van der Waals surface area contributed by atoms with Gasteiger partial charge in [0.15, 0.2) is 0 Å². The molecule has 0 bridgehead atoms. The minimum Gasteiger partial charge on any atom is -0.324 e. The molecular formula is C6H9N2O6PS. The Labute approximate surface area is 91.4 Å². The van der Waals surface area contributed by atoms with Gasteiger partial charge in [0.2, 0.25) is 0 Å².